The summed E-state index contributed by atoms with van der Waals surface area (Å²) in [5.41, 5.74) is 0.0358. The molecule has 0 aliphatic carbocycles. The van der Waals surface area contributed by atoms with Crippen LogP contribution >= 0.6 is 22.9 Å². The van der Waals surface area contributed by atoms with Crippen molar-refractivity contribution >= 4 is 44.5 Å². The average Bonchev–Trinajstić information content (AvgIpc) is 2.84. The Morgan fingerprint density at radius 2 is 2.21 bits per heavy atom. The first-order chi connectivity index (χ1) is 8.79. The third-order valence-corrected chi connectivity index (χ3v) is 5.13. The third kappa shape index (κ3) is 2.85. The fourth-order valence-electron chi connectivity index (χ4n) is 1.19. The molecule has 1 N–H and O–H groups in total. The van der Waals surface area contributed by atoms with Crippen LogP contribution in [0.15, 0.2) is 20.9 Å². The van der Waals surface area contributed by atoms with E-state index in [4.69, 9.17) is 16.1 Å². The Bertz CT molecular complexity index is 735. The van der Waals surface area contributed by atoms with Crippen molar-refractivity contribution in [2.45, 2.75) is 11.1 Å². The molecule has 0 aliphatic rings. The van der Waals surface area contributed by atoms with E-state index in [1.165, 1.54) is 6.07 Å². The molecule has 8 nitrogen and oxygen atoms in total. The number of anilines is 1. The molecule has 0 atom stereocenters. The molecule has 0 aliphatic heterocycles. The summed E-state index contributed by atoms with van der Waals surface area (Å²) >= 11 is 6.19. The minimum absolute atomic E-state index is 0.0790. The first-order valence-corrected chi connectivity index (χ1v) is 7.37. The van der Waals surface area contributed by atoms with Crippen LogP contribution in [-0.2, 0) is 10.0 Å². The molecule has 0 unspecified atom stereocenters. The number of thiophene rings is 1. The summed E-state index contributed by atoms with van der Waals surface area (Å²) in [6, 6.07) is 2.26. The van der Waals surface area contributed by atoms with Crippen molar-refractivity contribution in [3.05, 3.63) is 32.3 Å². The van der Waals surface area contributed by atoms with E-state index in [0.29, 0.717) is 17.0 Å². The molecule has 0 saturated carbocycles. The lowest BCUT2D eigenvalue weighted by molar-refractivity contribution is -0.384. The fraction of sp³-hybridized carbons (Fsp3) is 0.125. The van der Waals surface area contributed by atoms with Crippen molar-refractivity contribution in [2.75, 3.05) is 4.72 Å². The predicted molar refractivity (Wildman–Crippen MR) is 68.0 cm³/mol. The molecule has 0 spiro atoms. The fourth-order valence-corrected chi connectivity index (χ4v) is 3.83. The van der Waals surface area contributed by atoms with Gasteiger partial charge in [-0.05, 0) is 6.92 Å². The van der Waals surface area contributed by atoms with Gasteiger partial charge in [0, 0.05) is 12.1 Å². The van der Waals surface area contributed by atoms with Crippen LogP contribution in [0.4, 0.5) is 11.6 Å². The Kier molecular flexibility index (Phi) is 3.47. The van der Waals surface area contributed by atoms with E-state index in [1.54, 1.807) is 6.92 Å². The monoisotopic (exact) mass is 323 g/mol. The molecule has 2 aromatic rings. The maximum atomic E-state index is 11.9. The second-order valence-electron chi connectivity index (χ2n) is 3.42. The van der Waals surface area contributed by atoms with Crippen molar-refractivity contribution in [2.24, 2.45) is 0 Å². The second-order valence-corrected chi connectivity index (χ2v) is 6.98. The van der Waals surface area contributed by atoms with E-state index < -0.39 is 20.6 Å². The van der Waals surface area contributed by atoms with Gasteiger partial charge in [-0.1, -0.05) is 16.8 Å². The minimum atomic E-state index is -3.99. The van der Waals surface area contributed by atoms with E-state index in [2.05, 4.69) is 9.88 Å². The molecular weight excluding hydrogens is 318 g/mol. The number of hydrogen-bond acceptors (Lipinski definition) is 7. The van der Waals surface area contributed by atoms with Gasteiger partial charge in [0.2, 0.25) is 5.88 Å². The molecule has 102 valence electrons. The lowest BCUT2D eigenvalue weighted by Gasteiger charge is -2.00. The molecular formula is C8H6ClN3O5S2. The minimum Gasteiger partial charge on any atom is -0.338 e. The number of halogens is 1. The van der Waals surface area contributed by atoms with Crippen LogP contribution in [0.25, 0.3) is 0 Å². The maximum Gasteiger partial charge on any atom is 0.300 e. The smallest absolute Gasteiger partial charge is 0.300 e. The van der Waals surface area contributed by atoms with Crippen molar-refractivity contribution in [3.8, 4) is 0 Å². The Hall–Kier alpha value is -1.65. The van der Waals surface area contributed by atoms with Gasteiger partial charge in [-0.25, -0.2) is 13.1 Å². The SMILES string of the molecule is Cc1cc(NS(=O)(=O)c2cc([N+](=O)[O-])c(Cl)s2)on1. The average molecular weight is 324 g/mol. The van der Waals surface area contributed by atoms with Gasteiger partial charge in [0.15, 0.2) is 4.34 Å². The van der Waals surface area contributed by atoms with Crippen LogP contribution in [-0.4, -0.2) is 18.5 Å². The number of rotatable bonds is 4. The summed E-state index contributed by atoms with van der Waals surface area (Å²) in [6.07, 6.45) is 0. The number of aromatic nitrogens is 1. The predicted octanol–water partition coefficient (Wildman–Crippen LogP) is 2.41. The number of nitro groups is 1. The number of nitrogens with zero attached hydrogens (tertiary/aromatic N) is 2. The highest BCUT2D eigenvalue weighted by Crippen LogP contribution is 2.36. The van der Waals surface area contributed by atoms with Gasteiger partial charge in [-0.2, -0.15) is 0 Å². The summed E-state index contributed by atoms with van der Waals surface area (Å²) in [7, 11) is -3.99. The van der Waals surface area contributed by atoms with Gasteiger partial charge in [0.1, 0.15) is 4.21 Å². The van der Waals surface area contributed by atoms with Crippen LogP contribution in [0.3, 0.4) is 0 Å². The van der Waals surface area contributed by atoms with Crippen LogP contribution < -0.4 is 4.72 Å². The summed E-state index contributed by atoms with van der Waals surface area (Å²) in [5, 5.41) is 14.1. The van der Waals surface area contributed by atoms with Gasteiger partial charge in [-0.3, -0.25) is 10.1 Å². The quantitative estimate of drug-likeness (QED) is 0.682. The first-order valence-electron chi connectivity index (χ1n) is 4.69. The Morgan fingerprint density at radius 3 is 2.68 bits per heavy atom. The normalized spacial score (nSPS) is 11.5. The molecule has 0 bridgehead atoms. The van der Waals surface area contributed by atoms with Gasteiger partial charge in [-0.15, -0.1) is 11.3 Å². The Morgan fingerprint density at radius 1 is 1.53 bits per heavy atom. The first kappa shape index (κ1) is 13.8. The van der Waals surface area contributed by atoms with Crippen LogP contribution in [0.1, 0.15) is 5.69 Å². The Labute approximate surface area is 116 Å². The van der Waals surface area contributed by atoms with E-state index in [9.17, 15) is 18.5 Å². The molecule has 0 aromatic carbocycles. The Balaban J connectivity index is 2.34. The second kappa shape index (κ2) is 4.79. The van der Waals surface area contributed by atoms with E-state index in [1.807, 2.05) is 0 Å². The maximum absolute atomic E-state index is 11.9. The highest BCUT2D eigenvalue weighted by molar-refractivity contribution is 7.94. The topological polar surface area (TPSA) is 115 Å². The molecule has 0 fully saturated rings. The van der Waals surface area contributed by atoms with E-state index >= 15 is 0 Å². The highest BCUT2D eigenvalue weighted by atomic mass is 35.5. The number of sulfonamides is 1. The van der Waals surface area contributed by atoms with Gasteiger partial charge in [0.05, 0.1) is 10.6 Å². The standard InChI is InChI=1S/C8H6ClN3O5S2/c1-4-2-6(17-10-4)11-19(15,16)7-3-5(12(13)14)8(9)18-7/h2-3,11H,1H3. The zero-order valence-corrected chi connectivity index (χ0v) is 11.7. The summed E-state index contributed by atoms with van der Waals surface area (Å²) in [5.74, 6) is -0.0790. The molecule has 2 rings (SSSR count). The molecule has 11 heteroatoms. The molecule has 2 aromatic heterocycles. The van der Waals surface area contributed by atoms with Crippen LogP contribution in [0, 0.1) is 17.0 Å². The molecule has 19 heavy (non-hydrogen) atoms. The van der Waals surface area contributed by atoms with Crippen molar-refractivity contribution in [3.63, 3.8) is 0 Å². The number of aryl methyl sites for hydroxylation is 1. The number of nitrogens with one attached hydrogen (secondary N) is 1. The van der Waals surface area contributed by atoms with Crippen LogP contribution in [0.5, 0.6) is 0 Å². The molecule has 0 saturated heterocycles. The third-order valence-electron chi connectivity index (χ3n) is 1.97. The lowest BCUT2D eigenvalue weighted by Crippen LogP contribution is -2.10. The summed E-state index contributed by atoms with van der Waals surface area (Å²) in [6.45, 7) is 1.62. The largest absolute Gasteiger partial charge is 0.338 e. The zero-order valence-electron chi connectivity index (χ0n) is 9.28. The highest BCUT2D eigenvalue weighted by Gasteiger charge is 2.26. The summed E-state index contributed by atoms with van der Waals surface area (Å²) < 4.78 is 30.2. The van der Waals surface area contributed by atoms with Gasteiger partial charge in [0.25, 0.3) is 15.7 Å². The van der Waals surface area contributed by atoms with Crippen molar-refractivity contribution in [1.29, 1.82) is 0 Å². The van der Waals surface area contributed by atoms with E-state index in [0.717, 1.165) is 6.07 Å². The lowest BCUT2D eigenvalue weighted by atomic mass is 10.5. The summed E-state index contributed by atoms with van der Waals surface area (Å²) in [4.78, 5) is 9.85. The molecule has 0 amide bonds. The van der Waals surface area contributed by atoms with Crippen LogP contribution in [0.2, 0.25) is 4.34 Å². The number of hydrogen-bond donors (Lipinski definition) is 1. The van der Waals surface area contributed by atoms with Gasteiger partial charge >= 0.3 is 0 Å². The molecule has 2 heterocycles. The van der Waals surface area contributed by atoms with E-state index in [-0.39, 0.29) is 14.4 Å². The van der Waals surface area contributed by atoms with Crippen molar-refractivity contribution < 1.29 is 17.9 Å². The van der Waals surface area contributed by atoms with Crippen molar-refractivity contribution in [1.82, 2.24) is 5.16 Å². The van der Waals surface area contributed by atoms with Gasteiger partial charge < -0.3 is 4.52 Å². The zero-order chi connectivity index (χ0) is 14.2. The molecule has 0 radical (unpaired) electrons.